The molecule has 1 aromatic rings. The first-order valence-electron chi connectivity index (χ1n) is 11.8. The highest BCUT2D eigenvalue weighted by atomic mass is 35.5. The number of carbonyl (C=O) groups is 3. The van der Waals surface area contributed by atoms with Gasteiger partial charge in [-0.1, -0.05) is 30.7 Å². The molecule has 1 fully saturated rings. The minimum absolute atomic E-state index is 0.0888. The normalized spacial score (nSPS) is 26.2. The molecular weight excluding hydrogens is 444 g/mol. The van der Waals surface area contributed by atoms with E-state index in [0.29, 0.717) is 36.5 Å². The van der Waals surface area contributed by atoms with E-state index in [9.17, 15) is 14.4 Å². The van der Waals surface area contributed by atoms with E-state index in [0.717, 1.165) is 6.42 Å². The predicted octanol–water partition coefficient (Wildman–Crippen LogP) is 3.66. The Labute approximate surface area is 200 Å². The van der Waals surface area contributed by atoms with Gasteiger partial charge in [0, 0.05) is 29.8 Å². The van der Waals surface area contributed by atoms with Crippen LogP contribution < -0.4 is 5.32 Å². The van der Waals surface area contributed by atoms with Gasteiger partial charge in [-0.15, -0.1) is 0 Å². The van der Waals surface area contributed by atoms with Gasteiger partial charge < -0.3 is 20.1 Å². The molecule has 33 heavy (non-hydrogen) atoms. The third-order valence-electron chi connectivity index (χ3n) is 6.58. The monoisotopic (exact) mass is 476 g/mol. The second-order valence-corrected chi connectivity index (χ2v) is 9.03. The maximum atomic E-state index is 13.6. The molecule has 3 rings (SSSR count). The number of benzene rings is 1. The zero-order chi connectivity index (χ0) is 24.0. The molecular formula is C25H33ClN2O5. The molecule has 5 atom stereocenters. The summed E-state index contributed by atoms with van der Waals surface area (Å²) in [6, 6.07) is 6.08. The number of anilines is 1. The molecule has 2 amide bonds. The number of rotatable bonds is 10. The number of carbonyl (C=O) groups excluding carboxylic acids is 3. The number of likely N-dealkylation sites (tertiary alicyclic amines) is 1. The number of aliphatic hydroxyl groups is 1. The molecule has 0 unspecified atom stereocenters. The Bertz CT molecular complexity index is 872. The highest BCUT2D eigenvalue weighted by molar-refractivity contribution is 6.30. The minimum atomic E-state index is -0.724. The second-order valence-electron chi connectivity index (χ2n) is 8.59. The van der Waals surface area contributed by atoms with Crippen LogP contribution in [0.1, 0.15) is 39.5 Å². The number of halogens is 1. The molecule has 1 heterocycles. The number of hydrogen-bond donors (Lipinski definition) is 2. The van der Waals surface area contributed by atoms with E-state index in [-0.39, 0.29) is 36.9 Å². The number of nitrogens with zero attached hydrogens (tertiary/aromatic N) is 1. The van der Waals surface area contributed by atoms with Crippen molar-refractivity contribution in [1.29, 1.82) is 0 Å². The zero-order valence-electron chi connectivity index (χ0n) is 19.2. The summed E-state index contributed by atoms with van der Waals surface area (Å²) in [5.74, 6) is -2.60. The summed E-state index contributed by atoms with van der Waals surface area (Å²) in [7, 11) is 0. The molecule has 2 aliphatic rings. The summed E-state index contributed by atoms with van der Waals surface area (Å²) in [5, 5.41) is 12.6. The number of amides is 2. The quantitative estimate of drug-likeness (QED) is 0.305. The topological polar surface area (TPSA) is 95.9 Å². The Hall–Kier alpha value is -2.38. The fraction of sp³-hybridized carbons (Fsp3) is 0.560. The number of hydrogen-bond acceptors (Lipinski definition) is 5. The van der Waals surface area contributed by atoms with Crippen molar-refractivity contribution < 1.29 is 24.2 Å². The summed E-state index contributed by atoms with van der Waals surface area (Å²) in [6.45, 7) is 4.46. The molecule has 0 radical (unpaired) electrons. The second kappa shape index (κ2) is 11.7. The van der Waals surface area contributed by atoms with Gasteiger partial charge in [0.25, 0.3) is 0 Å². The van der Waals surface area contributed by atoms with E-state index < -0.39 is 23.8 Å². The Morgan fingerprint density at radius 2 is 1.85 bits per heavy atom. The van der Waals surface area contributed by atoms with Crippen LogP contribution in [-0.4, -0.2) is 53.6 Å². The van der Waals surface area contributed by atoms with E-state index in [4.69, 9.17) is 21.4 Å². The van der Waals surface area contributed by atoms with Crippen LogP contribution in [-0.2, 0) is 19.1 Å². The molecule has 2 N–H and O–H groups in total. The van der Waals surface area contributed by atoms with Crippen LogP contribution in [0.2, 0.25) is 5.02 Å². The van der Waals surface area contributed by atoms with Gasteiger partial charge in [-0.3, -0.25) is 14.4 Å². The van der Waals surface area contributed by atoms with Crippen molar-refractivity contribution in [2.45, 2.75) is 45.6 Å². The summed E-state index contributed by atoms with van der Waals surface area (Å²) in [6.07, 6.45) is 6.66. The number of unbranched alkanes of at least 4 members (excludes halogenated alkanes) is 2. The smallest absolute Gasteiger partial charge is 0.310 e. The van der Waals surface area contributed by atoms with Gasteiger partial charge in [0.15, 0.2) is 0 Å². The van der Waals surface area contributed by atoms with Gasteiger partial charge >= 0.3 is 5.97 Å². The molecule has 180 valence electrons. The number of fused-ring (bicyclic) bond motifs is 1. The summed E-state index contributed by atoms with van der Waals surface area (Å²) in [4.78, 5) is 41.6. The van der Waals surface area contributed by atoms with E-state index in [1.165, 1.54) is 0 Å². The average Bonchev–Trinajstić information content (AvgIpc) is 3.09. The summed E-state index contributed by atoms with van der Waals surface area (Å²) < 4.78 is 5.34. The first-order chi connectivity index (χ1) is 15.9. The van der Waals surface area contributed by atoms with Gasteiger partial charge in [-0.2, -0.15) is 0 Å². The van der Waals surface area contributed by atoms with E-state index in [1.54, 1.807) is 36.1 Å². The maximum absolute atomic E-state index is 13.6. The van der Waals surface area contributed by atoms with Crippen molar-refractivity contribution in [2.75, 3.05) is 25.1 Å². The Morgan fingerprint density at radius 3 is 2.48 bits per heavy atom. The van der Waals surface area contributed by atoms with Crippen LogP contribution in [0.3, 0.4) is 0 Å². The van der Waals surface area contributed by atoms with Crippen molar-refractivity contribution in [3.8, 4) is 0 Å². The first-order valence-corrected chi connectivity index (χ1v) is 12.1. The first kappa shape index (κ1) is 25.2. The van der Waals surface area contributed by atoms with Crippen LogP contribution >= 0.6 is 11.6 Å². The van der Waals surface area contributed by atoms with Gasteiger partial charge in [0.05, 0.1) is 18.4 Å². The third-order valence-corrected chi connectivity index (χ3v) is 6.83. The molecule has 0 bridgehead atoms. The predicted molar refractivity (Wildman–Crippen MR) is 127 cm³/mol. The highest BCUT2D eigenvalue weighted by Gasteiger charge is 2.57. The number of ether oxygens (including phenoxy) is 1. The van der Waals surface area contributed by atoms with Crippen molar-refractivity contribution in [3.63, 3.8) is 0 Å². The molecule has 0 aromatic heterocycles. The Balaban J connectivity index is 1.91. The fourth-order valence-corrected chi connectivity index (χ4v) is 5.13. The largest absolute Gasteiger partial charge is 0.466 e. The average molecular weight is 477 g/mol. The van der Waals surface area contributed by atoms with Crippen molar-refractivity contribution in [2.24, 2.45) is 23.7 Å². The lowest BCUT2D eigenvalue weighted by molar-refractivity contribution is -0.155. The zero-order valence-corrected chi connectivity index (χ0v) is 20.0. The number of aliphatic hydroxyl groups excluding tert-OH is 1. The van der Waals surface area contributed by atoms with Crippen molar-refractivity contribution >= 4 is 35.1 Å². The van der Waals surface area contributed by atoms with E-state index >= 15 is 0 Å². The fourth-order valence-electron chi connectivity index (χ4n) is 5.01. The van der Waals surface area contributed by atoms with Crippen LogP contribution in [0.5, 0.6) is 0 Å². The van der Waals surface area contributed by atoms with Crippen LogP contribution in [0.4, 0.5) is 5.69 Å². The maximum Gasteiger partial charge on any atom is 0.310 e. The molecule has 7 nitrogen and oxygen atoms in total. The summed E-state index contributed by atoms with van der Waals surface area (Å²) >= 11 is 5.95. The Morgan fingerprint density at radius 1 is 1.12 bits per heavy atom. The van der Waals surface area contributed by atoms with Crippen LogP contribution in [0, 0.1) is 23.7 Å². The lowest BCUT2D eigenvalue weighted by Crippen LogP contribution is -2.44. The van der Waals surface area contributed by atoms with Crippen LogP contribution in [0.25, 0.3) is 0 Å². The standard InChI is InChI=1S/C25H33ClN2O5/c1-3-16-8-13-19-21(20(16)25(32)33-4-2)24(31)28(14-6-5-7-15-29)22(19)23(30)27-18-11-9-17(26)10-12-18/h8-13,16,19-22,29H,3-7,14-15H2,1-2H3,(H,27,30)/t16-,19+,20-,21+,22+/m1/s1. The van der Waals surface area contributed by atoms with Gasteiger partial charge in [0.2, 0.25) is 11.8 Å². The number of allylic oxidation sites excluding steroid dienone is 1. The van der Waals surface area contributed by atoms with E-state index in [2.05, 4.69) is 5.32 Å². The molecule has 1 aliphatic carbocycles. The molecule has 1 aliphatic heterocycles. The molecule has 1 aromatic carbocycles. The summed E-state index contributed by atoms with van der Waals surface area (Å²) in [5.41, 5.74) is 0.591. The number of nitrogens with one attached hydrogen (secondary N) is 1. The highest BCUT2D eigenvalue weighted by Crippen LogP contribution is 2.45. The van der Waals surface area contributed by atoms with Crippen molar-refractivity contribution in [1.82, 2.24) is 4.90 Å². The lowest BCUT2D eigenvalue weighted by atomic mass is 9.69. The minimum Gasteiger partial charge on any atom is -0.466 e. The van der Waals surface area contributed by atoms with Gasteiger partial charge in [-0.25, -0.2) is 0 Å². The third kappa shape index (κ3) is 5.58. The lowest BCUT2D eigenvalue weighted by Gasteiger charge is -2.33. The molecule has 0 saturated carbocycles. The number of esters is 1. The Kier molecular flexibility index (Phi) is 8.92. The van der Waals surface area contributed by atoms with E-state index in [1.807, 2.05) is 19.1 Å². The SMILES string of the molecule is CCOC(=O)[C@H]1[C@H]2C(=O)N(CCCCCO)[C@H](C(=O)Nc3ccc(Cl)cc3)[C@H]2C=C[C@H]1CC. The van der Waals surface area contributed by atoms with Gasteiger partial charge in [0.1, 0.15) is 6.04 Å². The molecule has 0 spiro atoms. The van der Waals surface area contributed by atoms with Gasteiger partial charge in [-0.05, 0) is 62.8 Å². The van der Waals surface area contributed by atoms with Crippen LogP contribution in [0.15, 0.2) is 36.4 Å². The molecule has 1 saturated heterocycles. The van der Waals surface area contributed by atoms with Crippen molar-refractivity contribution in [3.05, 3.63) is 41.4 Å². The molecule has 8 heteroatoms.